The van der Waals surface area contributed by atoms with Crippen molar-refractivity contribution in [1.82, 2.24) is 10.5 Å². The van der Waals surface area contributed by atoms with E-state index in [4.69, 9.17) is 9.26 Å². The second-order valence-electron chi connectivity index (χ2n) is 5.63. The van der Waals surface area contributed by atoms with Crippen LogP contribution >= 0.6 is 0 Å². The molecule has 1 atom stereocenters. The molecule has 2 aromatic rings. The number of nitrogens with zero attached hydrogens (tertiary/aromatic N) is 1. The molecule has 1 aliphatic rings. The van der Waals surface area contributed by atoms with Crippen LogP contribution in [-0.2, 0) is 12.8 Å². The first-order valence-electron chi connectivity index (χ1n) is 7.70. The molecule has 5 heteroatoms. The van der Waals surface area contributed by atoms with Crippen molar-refractivity contribution >= 4 is 5.91 Å². The van der Waals surface area contributed by atoms with Crippen molar-refractivity contribution in [2.75, 3.05) is 13.2 Å². The zero-order chi connectivity index (χ0) is 15.4. The molecule has 0 bridgehead atoms. The number of aryl methyl sites for hydroxylation is 1. The van der Waals surface area contributed by atoms with E-state index in [1.165, 1.54) is 5.56 Å². The molecule has 0 spiro atoms. The number of aromatic nitrogens is 1. The van der Waals surface area contributed by atoms with Crippen LogP contribution in [0.25, 0.3) is 0 Å². The first-order valence-corrected chi connectivity index (χ1v) is 7.70. The Kier molecular flexibility index (Phi) is 4.42. The Morgan fingerprint density at radius 3 is 3.14 bits per heavy atom. The molecule has 1 N–H and O–H groups in total. The number of rotatable bonds is 5. The van der Waals surface area contributed by atoms with Gasteiger partial charge in [0, 0.05) is 24.9 Å². The summed E-state index contributed by atoms with van der Waals surface area (Å²) in [5.74, 6) is 1.79. The minimum atomic E-state index is -0.190. The first kappa shape index (κ1) is 14.6. The third-order valence-corrected chi connectivity index (χ3v) is 3.80. The number of carbonyl (C=O) groups is 1. The number of fused-ring (bicyclic) bond motifs is 1. The first-order chi connectivity index (χ1) is 10.8. The summed E-state index contributed by atoms with van der Waals surface area (Å²) in [6, 6.07) is 9.74. The number of ether oxygens (including phenoxy) is 1. The second kappa shape index (κ2) is 6.64. The highest BCUT2D eigenvalue weighted by molar-refractivity contribution is 5.92. The summed E-state index contributed by atoms with van der Waals surface area (Å²) in [4.78, 5) is 12.1. The minimum Gasteiger partial charge on any atom is -0.493 e. The summed E-state index contributed by atoms with van der Waals surface area (Å²) in [5, 5.41) is 6.73. The molecule has 3 rings (SSSR count). The van der Waals surface area contributed by atoms with E-state index in [9.17, 15) is 4.79 Å². The zero-order valence-electron chi connectivity index (χ0n) is 12.7. The van der Waals surface area contributed by atoms with Gasteiger partial charge in [-0.1, -0.05) is 30.3 Å². The van der Waals surface area contributed by atoms with Gasteiger partial charge in [-0.3, -0.25) is 4.79 Å². The van der Waals surface area contributed by atoms with Crippen molar-refractivity contribution in [2.24, 2.45) is 5.92 Å². The van der Waals surface area contributed by atoms with Gasteiger partial charge in [-0.05, 0) is 24.5 Å². The zero-order valence-corrected chi connectivity index (χ0v) is 12.7. The maximum absolute atomic E-state index is 12.1. The van der Waals surface area contributed by atoms with Crippen molar-refractivity contribution in [3.8, 4) is 5.75 Å². The van der Waals surface area contributed by atoms with Gasteiger partial charge in [0.05, 0.1) is 6.61 Å². The molecule has 0 saturated carbocycles. The van der Waals surface area contributed by atoms with Crippen LogP contribution in [0.3, 0.4) is 0 Å². The van der Waals surface area contributed by atoms with E-state index in [0.717, 1.165) is 30.8 Å². The highest BCUT2D eigenvalue weighted by Gasteiger charge is 2.21. The van der Waals surface area contributed by atoms with Gasteiger partial charge in [0.15, 0.2) is 5.69 Å². The molecule has 0 fully saturated rings. The molecule has 1 aromatic heterocycles. The topological polar surface area (TPSA) is 64.4 Å². The summed E-state index contributed by atoms with van der Waals surface area (Å²) < 4.78 is 10.9. The van der Waals surface area contributed by atoms with E-state index in [1.807, 2.05) is 18.2 Å². The highest BCUT2D eigenvalue weighted by Crippen LogP contribution is 2.26. The van der Waals surface area contributed by atoms with E-state index < -0.39 is 0 Å². The van der Waals surface area contributed by atoms with Crippen LogP contribution in [0.2, 0.25) is 0 Å². The average molecular weight is 300 g/mol. The quantitative estimate of drug-likeness (QED) is 0.922. The van der Waals surface area contributed by atoms with E-state index >= 15 is 0 Å². The van der Waals surface area contributed by atoms with Crippen molar-refractivity contribution in [3.05, 3.63) is 47.3 Å². The van der Waals surface area contributed by atoms with Crippen LogP contribution < -0.4 is 10.1 Å². The molecule has 5 nitrogen and oxygen atoms in total. The van der Waals surface area contributed by atoms with Gasteiger partial charge in [-0.15, -0.1) is 0 Å². The average Bonchev–Trinajstić information content (AvgIpc) is 3.01. The van der Waals surface area contributed by atoms with Crippen LogP contribution in [0, 0.1) is 5.92 Å². The summed E-state index contributed by atoms with van der Waals surface area (Å²) in [5.41, 5.74) is 1.54. The Morgan fingerprint density at radius 1 is 1.41 bits per heavy atom. The lowest BCUT2D eigenvalue weighted by Gasteiger charge is -2.25. The van der Waals surface area contributed by atoms with Crippen LogP contribution in [0.4, 0.5) is 0 Å². The fraction of sp³-hybridized carbons (Fsp3) is 0.412. The molecule has 0 aliphatic carbocycles. The van der Waals surface area contributed by atoms with E-state index in [1.54, 1.807) is 6.07 Å². The largest absolute Gasteiger partial charge is 0.493 e. The molecule has 1 aliphatic heterocycles. The number of para-hydroxylation sites is 1. The van der Waals surface area contributed by atoms with Gasteiger partial charge in [0.25, 0.3) is 5.91 Å². The predicted molar refractivity (Wildman–Crippen MR) is 82.0 cm³/mol. The van der Waals surface area contributed by atoms with Gasteiger partial charge in [0.2, 0.25) is 0 Å². The molecule has 22 heavy (non-hydrogen) atoms. The molecular weight excluding hydrogens is 280 g/mol. The lowest BCUT2D eigenvalue weighted by Crippen LogP contribution is -2.34. The third-order valence-electron chi connectivity index (χ3n) is 3.80. The molecular formula is C17H20N2O3. The second-order valence-corrected chi connectivity index (χ2v) is 5.63. The van der Waals surface area contributed by atoms with Crippen LogP contribution in [-0.4, -0.2) is 24.2 Å². The Labute approximate surface area is 129 Å². The monoisotopic (exact) mass is 300 g/mol. The Balaban J connectivity index is 1.53. The Morgan fingerprint density at radius 2 is 2.27 bits per heavy atom. The molecule has 2 heterocycles. The highest BCUT2D eigenvalue weighted by atomic mass is 16.5. The van der Waals surface area contributed by atoms with Crippen molar-refractivity contribution < 1.29 is 14.1 Å². The number of amides is 1. The Hall–Kier alpha value is -2.30. The number of carbonyl (C=O) groups excluding carboxylic acids is 1. The van der Waals surface area contributed by atoms with Crippen LogP contribution in [0.1, 0.15) is 35.2 Å². The lowest BCUT2D eigenvalue weighted by molar-refractivity contribution is 0.0930. The summed E-state index contributed by atoms with van der Waals surface area (Å²) in [7, 11) is 0. The predicted octanol–water partition coefficient (Wildman–Crippen LogP) is 2.61. The minimum absolute atomic E-state index is 0.190. The van der Waals surface area contributed by atoms with Gasteiger partial charge in [-0.25, -0.2) is 0 Å². The maximum Gasteiger partial charge on any atom is 0.273 e. The fourth-order valence-corrected chi connectivity index (χ4v) is 2.63. The Bertz CT molecular complexity index is 651. The van der Waals surface area contributed by atoms with Crippen molar-refractivity contribution in [2.45, 2.75) is 26.2 Å². The van der Waals surface area contributed by atoms with Crippen molar-refractivity contribution in [3.63, 3.8) is 0 Å². The SMILES string of the molecule is CCCc1cc(C(=O)NC[C@@H]2COc3ccccc3C2)no1. The third kappa shape index (κ3) is 3.30. The summed E-state index contributed by atoms with van der Waals surface area (Å²) >= 11 is 0. The number of hydrogen-bond acceptors (Lipinski definition) is 4. The van der Waals surface area contributed by atoms with Crippen LogP contribution in [0.5, 0.6) is 5.75 Å². The van der Waals surface area contributed by atoms with Gasteiger partial charge in [-0.2, -0.15) is 0 Å². The van der Waals surface area contributed by atoms with Crippen LogP contribution in [0.15, 0.2) is 34.9 Å². The maximum atomic E-state index is 12.1. The number of benzene rings is 1. The molecule has 1 amide bonds. The number of nitrogens with one attached hydrogen (secondary N) is 1. The number of hydrogen-bond donors (Lipinski definition) is 1. The van der Waals surface area contributed by atoms with E-state index in [-0.39, 0.29) is 11.8 Å². The lowest BCUT2D eigenvalue weighted by atomic mass is 9.97. The normalized spacial score (nSPS) is 16.7. The summed E-state index contributed by atoms with van der Waals surface area (Å²) in [6.45, 7) is 3.25. The molecule has 0 radical (unpaired) electrons. The van der Waals surface area contributed by atoms with E-state index in [0.29, 0.717) is 18.8 Å². The smallest absolute Gasteiger partial charge is 0.273 e. The molecule has 1 aromatic carbocycles. The van der Waals surface area contributed by atoms with Gasteiger partial charge >= 0.3 is 0 Å². The van der Waals surface area contributed by atoms with Gasteiger partial charge in [0.1, 0.15) is 11.5 Å². The summed E-state index contributed by atoms with van der Waals surface area (Å²) in [6.07, 6.45) is 2.68. The standard InChI is InChI=1S/C17H20N2O3/c1-2-5-14-9-15(19-22-14)17(20)18-10-12-8-13-6-3-4-7-16(13)21-11-12/h3-4,6-7,9,12H,2,5,8,10-11H2,1H3,(H,18,20)/t12-/m1/s1. The fourth-order valence-electron chi connectivity index (χ4n) is 2.63. The molecule has 116 valence electrons. The van der Waals surface area contributed by atoms with E-state index in [2.05, 4.69) is 23.5 Å². The van der Waals surface area contributed by atoms with Crippen molar-refractivity contribution in [1.29, 1.82) is 0 Å². The van der Waals surface area contributed by atoms with Gasteiger partial charge < -0.3 is 14.6 Å². The molecule has 0 unspecified atom stereocenters. The molecule has 0 saturated heterocycles.